The number of rotatable bonds is 6. The number of hydrogen-bond acceptors (Lipinski definition) is 5. The third-order valence-electron chi connectivity index (χ3n) is 1.55. The van der Waals surface area contributed by atoms with Crippen molar-refractivity contribution in [2.45, 2.75) is 26.3 Å². The number of amides is 1. The molecule has 1 amide bonds. The van der Waals surface area contributed by atoms with Crippen molar-refractivity contribution in [2.75, 3.05) is 12.3 Å². The highest BCUT2D eigenvalue weighted by Gasteiger charge is 2.14. The first-order chi connectivity index (χ1) is 6.93. The van der Waals surface area contributed by atoms with E-state index in [2.05, 4.69) is 5.32 Å². The molecule has 0 heterocycles. The Kier molecular flexibility index (Phi) is 6.98. The van der Waals surface area contributed by atoms with Gasteiger partial charge in [0.25, 0.3) is 0 Å². The Bertz CT molecular complexity index is 256. The van der Waals surface area contributed by atoms with Crippen molar-refractivity contribution in [2.24, 2.45) is 5.73 Å². The van der Waals surface area contributed by atoms with Gasteiger partial charge in [-0.3, -0.25) is 14.4 Å². The molecule has 0 rings (SSSR count). The van der Waals surface area contributed by atoms with E-state index in [1.54, 1.807) is 0 Å². The van der Waals surface area contributed by atoms with Crippen molar-refractivity contribution in [1.29, 1.82) is 0 Å². The van der Waals surface area contributed by atoms with Gasteiger partial charge in [-0.15, -0.1) is 0 Å². The van der Waals surface area contributed by atoms with Gasteiger partial charge in [0.05, 0.1) is 6.04 Å². The normalized spacial score (nSPS) is 11.9. The molecule has 15 heavy (non-hydrogen) atoms. The fraction of sp³-hybridized carbons (Fsp3) is 0.667. The lowest BCUT2D eigenvalue weighted by Crippen LogP contribution is -2.42. The minimum absolute atomic E-state index is 0.0114. The fourth-order valence-electron chi connectivity index (χ4n) is 0.902. The number of nitrogens with two attached hydrogens (primary N) is 1. The predicted octanol–water partition coefficient (Wildman–Crippen LogP) is -0.311. The highest BCUT2D eigenvalue weighted by Crippen LogP contribution is 1.98. The summed E-state index contributed by atoms with van der Waals surface area (Å²) in [5.74, 6) is 0.0542. The summed E-state index contributed by atoms with van der Waals surface area (Å²) in [6.45, 7) is 3.24. The zero-order valence-corrected chi connectivity index (χ0v) is 9.73. The largest absolute Gasteiger partial charge is 0.354 e. The van der Waals surface area contributed by atoms with E-state index in [4.69, 9.17) is 5.73 Å². The molecule has 3 N–H and O–H groups in total. The number of thioether (sulfide) groups is 1. The van der Waals surface area contributed by atoms with Gasteiger partial charge in [0, 0.05) is 25.6 Å². The lowest BCUT2D eigenvalue weighted by atomic mass is 10.1. The van der Waals surface area contributed by atoms with Crippen molar-refractivity contribution >= 4 is 28.6 Å². The molecule has 1 unspecified atom stereocenters. The molecule has 1 atom stereocenters. The molecule has 0 saturated carbocycles. The fourth-order valence-corrected chi connectivity index (χ4v) is 1.39. The first-order valence-corrected chi connectivity index (χ1v) is 5.58. The Hall–Kier alpha value is -0.880. The molecule has 0 saturated heterocycles. The summed E-state index contributed by atoms with van der Waals surface area (Å²) in [6, 6.07) is -0.787. The van der Waals surface area contributed by atoms with Crippen LogP contribution in [0, 0.1) is 0 Å². The molecule has 0 fully saturated rings. The van der Waals surface area contributed by atoms with Crippen LogP contribution in [-0.2, 0) is 14.4 Å². The van der Waals surface area contributed by atoms with E-state index in [1.165, 1.54) is 13.8 Å². The Labute approximate surface area is 93.2 Å². The molecule has 6 heteroatoms. The second-order valence-corrected chi connectivity index (χ2v) is 4.42. The topological polar surface area (TPSA) is 89.3 Å². The number of hydrogen-bond donors (Lipinski definition) is 2. The zero-order valence-electron chi connectivity index (χ0n) is 8.91. The summed E-state index contributed by atoms with van der Waals surface area (Å²) in [5, 5.41) is 2.57. The van der Waals surface area contributed by atoms with Crippen LogP contribution >= 0.6 is 11.8 Å². The highest BCUT2D eigenvalue weighted by molar-refractivity contribution is 8.13. The molecule has 0 spiro atoms. The third kappa shape index (κ3) is 8.14. The molecule has 0 aliphatic rings. The SMILES string of the molecule is CC(=O)CC(N)C(=O)NCCSC(C)=O. The molecule has 0 aliphatic heterocycles. The predicted molar refractivity (Wildman–Crippen MR) is 59.4 cm³/mol. The third-order valence-corrected chi connectivity index (χ3v) is 2.37. The molecule has 0 aromatic heterocycles. The zero-order chi connectivity index (χ0) is 11.8. The summed E-state index contributed by atoms with van der Waals surface area (Å²) in [5.41, 5.74) is 5.45. The van der Waals surface area contributed by atoms with Gasteiger partial charge in [-0.25, -0.2) is 0 Å². The molecule has 0 aliphatic carbocycles. The van der Waals surface area contributed by atoms with Crippen LogP contribution in [-0.4, -0.2) is 35.1 Å². The van der Waals surface area contributed by atoms with E-state index in [0.29, 0.717) is 12.3 Å². The Morgan fingerprint density at radius 2 is 1.93 bits per heavy atom. The summed E-state index contributed by atoms with van der Waals surface area (Å²) in [4.78, 5) is 32.5. The van der Waals surface area contributed by atoms with Gasteiger partial charge in [-0.05, 0) is 6.92 Å². The minimum atomic E-state index is -0.787. The van der Waals surface area contributed by atoms with E-state index >= 15 is 0 Å². The average molecular weight is 232 g/mol. The van der Waals surface area contributed by atoms with Crippen LogP contribution in [0.4, 0.5) is 0 Å². The molecule has 0 radical (unpaired) electrons. The first kappa shape index (κ1) is 14.1. The maximum atomic E-state index is 11.2. The Morgan fingerprint density at radius 1 is 1.33 bits per heavy atom. The van der Waals surface area contributed by atoms with Gasteiger partial charge >= 0.3 is 0 Å². The summed E-state index contributed by atoms with van der Waals surface area (Å²) in [6.07, 6.45) is 0.0473. The lowest BCUT2D eigenvalue weighted by Gasteiger charge is -2.09. The number of Topliss-reactive ketones (excluding diaryl/α,β-unsaturated/α-hetero) is 1. The average Bonchev–Trinajstić information content (AvgIpc) is 2.10. The van der Waals surface area contributed by atoms with Gasteiger partial charge in [0.2, 0.25) is 5.91 Å². The van der Waals surface area contributed by atoms with Crippen LogP contribution in [0.1, 0.15) is 20.3 Å². The van der Waals surface area contributed by atoms with Gasteiger partial charge < -0.3 is 11.1 Å². The van der Waals surface area contributed by atoms with E-state index < -0.39 is 6.04 Å². The molecule has 86 valence electrons. The lowest BCUT2D eigenvalue weighted by molar-refractivity contribution is -0.125. The highest BCUT2D eigenvalue weighted by atomic mass is 32.2. The summed E-state index contributed by atoms with van der Waals surface area (Å²) >= 11 is 1.14. The summed E-state index contributed by atoms with van der Waals surface area (Å²) in [7, 11) is 0. The van der Waals surface area contributed by atoms with Crippen LogP contribution in [0.15, 0.2) is 0 Å². The van der Waals surface area contributed by atoms with Crippen molar-refractivity contribution in [1.82, 2.24) is 5.32 Å². The van der Waals surface area contributed by atoms with Crippen molar-refractivity contribution in [3.8, 4) is 0 Å². The van der Waals surface area contributed by atoms with Crippen LogP contribution < -0.4 is 11.1 Å². The van der Waals surface area contributed by atoms with Gasteiger partial charge in [0.1, 0.15) is 5.78 Å². The van der Waals surface area contributed by atoms with E-state index in [0.717, 1.165) is 11.8 Å². The molecule has 0 aromatic rings. The van der Waals surface area contributed by atoms with Crippen LogP contribution in [0.25, 0.3) is 0 Å². The Balaban J connectivity index is 3.64. The van der Waals surface area contributed by atoms with E-state index in [9.17, 15) is 14.4 Å². The van der Waals surface area contributed by atoms with Gasteiger partial charge in [-0.1, -0.05) is 11.8 Å². The maximum Gasteiger partial charge on any atom is 0.237 e. The molecular formula is C9H16N2O3S. The number of ketones is 1. The second kappa shape index (κ2) is 7.42. The second-order valence-electron chi connectivity index (χ2n) is 3.14. The number of nitrogens with one attached hydrogen (secondary N) is 1. The van der Waals surface area contributed by atoms with E-state index in [1.807, 2.05) is 0 Å². The van der Waals surface area contributed by atoms with Gasteiger partial charge in [0.15, 0.2) is 5.12 Å². The summed E-state index contributed by atoms with van der Waals surface area (Å²) < 4.78 is 0. The monoisotopic (exact) mass is 232 g/mol. The van der Waals surface area contributed by atoms with Crippen LogP contribution in [0.5, 0.6) is 0 Å². The Morgan fingerprint density at radius 3 is 2.40 bits per heavy atom. The minimum Gasteiger partial charge on any atom is -0.354 e. The molecular weight excluding hydrogens is 216 g/mol. The molecule has 0 aromatic carbocycles. The number of carbonyl (C=O) groups excluding carboxylic acids is 3. The standard InChI is InChI=1S/C9H16N2O3S/c1-6(12)5-8(10)9(14)11-3-4-15-7(2)13/h8H,3-5,10H2,1-2H3,(H,11,14). The van der Waals surface area contributed by atoms with Crippen molar-refractivity contribution in [3.05, 3.63) is 0 Å². The van der Waals surface area contributed by atoms with E-state index in [-0.39, 0.29) is 23.2 Å². The molecule has 5 nitrogen and oxygen atoms in total. The molecule has 0 bridgehead atoms. The number of carbonyl (C=O) groups is 3. The van der Waals surface area contributed by atoms with Gasteiger partial charge in [-0.2, -0.15) is 0 Å². The van der Waals surface area contributed by atoms with Crippen molar-refractivity contribution in [3.63, 3.8) is 0 Å². The smallest absolute Gasteiger partial charge is 0.237 e. The quantitative estimate of drug-likeness (QED) is 0.613. The van der Waals surface area contributed by atoms with Crippen LogP contribution in [0.3, 0.4) is 0 Å². The van der Waals surface area contributed by atoms with Crippen molar-refractivity contribution < 1.29 is 14.4 Å². The maximum absolute atomic E-state index is 11.2. The first-order valence-electron chi connectivity index (χ1n) is 4.59. The van der Waals surface area contributed by atoms with Crippen LogP contribution in [0.2, 0.25) is 0 Å².